The third kappa shape index (κ3) is 2.00. The van der Waals surface area contributed by atoms with Gasteiger partial charge in [0.15, 0.2) is 0 Å². The maximum absolute atomic E-state index is 10.7. The van der Waals surface area contributed by atoms with Crippen molar-refractivity contribution in [1.29, 1.82) is 0 Å². The molecule has 1 aliphatic heterocycles. The standard InChI is InChI=1S/C7H13NO4Si/c1-13(2)3-5(6(9)10)8(4-13)7(11)12/h5H,3-4H2,1-2H3,(H,9,10)(H,11,12). The summed E-state index contributed by atoms with van der Waals surface area (Å²) in [6.45, 7) is 4.01. The molecule has 1 aliphatic rings. The Labute approximate surface area is 77.0 Å². The van der Waals surface area contributed by atoms with Gasteiger partial charge in [0, 0.05) is 6.17 Å². The van der Waals surface area contributed by atoms with Crippen LogP contribution >= 0.6 is 0 Å². The van der Waals surface area contributed by atoms with E-state index in [1.807, 2.05) is 13.1 Å². The van der Waals surface area contributed by atoms with Crippen molar-refractivity contribution in [1.82, 2.24) is 4.90 Å². The van der Waals surface area contributed by atoms with E-state index in [2.05, 4.69) is 0 Å². The topological polar surface area (TPSA) is 77.8 Å². The number of rotatable bonds is 1. The molecule has 1 saturated heterocycles. The minimum absolute atomic E-state index is 0.430. The Kier molecular flexibility index (Phi) is 2.33. The van der Waals surface area contributed by atoms with E-state index in [4.69, 9.17) is 10.2 Å². The van der Waals surface area contributed by atoms with E-state index in [1.54, 1.807) is 0 Å². The minimum atomic E-state index is -1.63. The second-order valence-corrected chi connectivity index (χ2v) is 9.19. The first kappa shape index (κ1) is 10.0. The van der Waals surface area contributed by atoms with Crippen LogP contribution in [0.5, 0.6) is 0 Å². The van der Waals surface area contributed by atoms with Crippen molar-refractivity contribution in [3.05, 3.63) is 0 Å². The lowest BCUT2D eigenvalue weighted by Crippen LogP contribution is -2.40. The van der Waals surface area contributed by atoms with Crippen LogP contribution in [0.4, 0.5) is 4.79 Å². The SMILES string of the molecule is C[Si]1(C)CC(C(=O)O)N(C(=O)O)C1. The van der Waals surface area contributed by atoms with Crippen LogP contribution in [0.15, 0.2) is 0 Å². The van der Waals surface area contributed by atoms with Crippen molar-refractivity contribution in [2.24, 2.45) is 0 Å². The molecule has 1 fully saturated rings. The van der Waals surface area contributed by atoms with Gasteiger partial charge in [-0.2, -0.15) is 0 Å². The molecule has 6 heteroatoms. The Morgan fingerprint density at radius 2 is 1.92 bits per heavy atom. The molecule has 0 radical (unpaired) electrons. The molecule has 5 nitrogen and oxygen atoms in total. The molecule has 0 aromatic rings. The number of carboxylic acid groups (broad SMARTS) is 2. The smallest absolute Gasteiger partial charge is 0.407 e. The average Bonchev–Trinajstić information content (AvgIpc) is 2.26. The maximum Gasteiger partial charge on any atom is 0.407 e. The summed E-state index contributed by atoms with van der Waals surface area (Å²) >= 11 is 0. The fourth-order valence-corrected chi connectivity index (χ4v) is 4.54. The number of hydrogen-bond acceptors (Lipinski definition) is 2. The molecule has 1 rings (SSSR count). The third-order valence-corrected chi connectivity index (χ3v) is 4.94. The highest BCUT2D eigenvalue weighted by Crippen LogP contribution is 2.26. The lowest BCUT2D eigenvalue weighted by atomic mass is 10.3. The molecule has 0 aromatic heterocycles. The van der Waals surface area contributed by atoms with Crippen LogP contribution in [0.25, 0.3) is 0 Å². The number of nitrogens with zero attached hydrogens (tertiary/aromatic N) is 1. The molecule has 1 heterocycles. The van der Waals surface area contributed by atoms with Crippen molar-refractivity contribution in [2.75, 3.05) is 6.17 Å². The van der Waals surface area contributed by atoms with Gasteiger partial charge >= 0.3 is 12.1 Å². The Morgan fingerprint density at radius 1 is 1.38 bits per heavy atom. The summed E-state index contributed by atoms with van der Waals surface area (Å²) in [7, 11) is -1.63. The highest BCUT2D eigenvalue weighted by molar-refractivity contribution is 6.78. The van der Waals surface area contributed by atoms with Crippen molar-refractivity contribution in [2.45, 2.75) is 25.2 Å². The summed E-state index contributed by atoms with van der Waals surface area (Å²) in [6.07, 6.45) is -0.690. The molecule has 1 unspecified atom stereocenters. The van der Waals surface area contributed by atoms with Gasteiger partial charge in [-0.3, -0.25) is 4.90 Å². The van der Waals surface area contributed by atoms with Gasteiger partial charge in [0.2, 0.25) is 0 Å². The molecule has 74 valence electrons. The van der Waals surface area contributed by atoms with E-state index in [0.29, 0.717) is 12.2 Å². The van der Waals surface area contributed by atoms with Crippen LogP contribution in [-0.2, 0) is 4.79 Å². The van der Waals surface area contributed by atoms with Crippen LogP contribution in [0.3, 0.4) is 0 Å². The average molecular weight is 203 g/mol. The summed E-state index contributed by atoms with van der Waals surface area (Å²) in [5.74, 6) is -1.03. The lowest BCUT2D eigenvalue weighted by Gasteiger charge is -2.17. The molecule has 0 saturated carbocycles. The summed E-state index contributed by atoms with van der Waals surface area (Å²) in [6, 6.07) is -0.298. The van der Waals surface area contributed by atoms with Gasteiger partial charge in [-0.15, -0.1) is 0 Å². The monoisotopic (exact) mass is 203 g/mol. The quantitative estimate of drug-likeness (QED) is 0.614. The number of amides is 1. The van der Waals surface area contributed by atoms with E-state index in [9.17, 15) is 9.59 Å². The summed E-state index contributed by atoms with van der Waals surface area (Å²) < 4.78 is 0. The zero-order valence-electron chi connectivity index (χ0n) is 7.65. The number of hydrogen-bond donors (Lipinski definition) is 2. The zero-order valence-corrected chi connectivity index (χ0v) is 8.65. The second kappa shape index (κ2) is 3.02. The van der Waals surface area contributed by atoms with E-state index < -0.39 is 26.2 Å². The van der Waals surface area contributed by atoms with Crippen LogP contribution < -0.4 is 0 Å². The predicted octanol–water partition coefficient (Wildman–Crippen LogP) is 0.681. The van der Waals surface area contributed by atoms with Crippen molar-refractivity contribution in [3.63, 3.8) is 0 Å². The molecular weight excluding hydrogens is 190 g/mol. The Bertz CT molecular complexity index is 229. The number of carboxylic acids is 1. The molecular formula is C7H13NO4Si. The van der Waals surface area contributed by atoms with Gasteiger partial charge in [0.1, 0.15) is 6.04 Å². The van der Waals surface area contributed by atoms with E-state index in [1.165, 1.54) is 0 Å². The molecule has 1 amide bonds. The Balaban J connectivity index is 2.83. The first-order valence-electron chi connectivity index (χ1n) is 4.06. The maximum atomic E-state index is 10.7. The van der Waals surface area contributed by atoms with Gasteiger partial charge in [-0.1, -0.05) is 13.1 Å². The first-order chi connectivity index (χ1) is 5.83. The van der Waals surface area contributed by atoms with Crippen LogP contribution in [0.1, 0.15) is 0 Å². The highest BCUT2D eigenvalue weighted by Gasteiger charge is 2.44. The zero-order chi connectivity index (χ0) is 10.2. The fraction of sp³-hybridized carbons (Fsp3) is 0.714. The number of aliphatic carboxylic acids is 1. The highest BCUT2D eigenvalue weighted by atomic mass is 28.3. The Morgan fingerprint density at radius 3 is 2.23 bits per heavy atom. The van der Waals surface area contributed by atoms with Crippen LogP contribution in [0.2, 0.25) is 19.1 Å². The molecule has 13 heavy (non-hydrogen) atoms. The van der Waals surface area contributed by atoms with Gasteiger partial charge in [0.25, 0.3) is 0 Å². The summed E-state index contributed by atoms with van der Waals surface area (Å²) in [5.41, 5.74) is 0. The Hall–Kier alpha value is -1.04. The van der Waals surface area contributed by atoms with E-state index in [-0.39, 0.29) is 0 Å². The molecule has 0 spiro atoms. The van der Waals surface area contributed by atoms with Gasteiger partial charge in [-0.25, -0.2) is 9.59 Å². The van der Waals surface area contributed by atoms with Gasteiger partial charge in [-0.05, 0) is 6.04 Å². The molecule has 0 bridgehead atoms. The minimum Gasteiger partial charge on any atom is -0.480 e. The largest absolute Gasteiger partial charge is 0.480 e. The molecule has 2 N–H and O–H groups in total. The molecule has 0 aromatic carbocycles. The normalized spacial score (nSPS) is 26.0. The second-order valence-electron chi connectivity index (χ2n) is 4.13. The van der Waals surface area contributed by atoms with Crippen molar-refractivity contribution in [3.8, 4) is 0 Å². The summed E-state index contributed by atoms with van der Waals surface area (Å²) in [5, 5.41) is 17.5. The van der Waals surface area contributed by atoms with Crippen LogP contribution in [0, 0.1) is 0 Å². The van der Waals surface area contributed by atoms with Crippen molar-refractivity contribution < 1.29 is 19.8 Å². The number of carbonyl (C=O) groups is 2. The molecule has 0 aliphatic carbocycles. The summed E-state index contributed by atoms with van der Waals surface area (Å²) in [4.78, 5) is 22.5. The fourth-order valence-electron chi connectivity index (χ4n) is 1.69. The van der Waals surface area contributed by atoms with Crippen molar-refractivity contribution >= 4 is 20.1 Å². The van der Waals surface area contributed by atoms with Gasteiger partial charge in [0.05, 0.1) is 8.07 Å². The van der Waals surface area contributed by atoms with Crippen LogP contribution in [-0.4, -0.2) is 47.5 Å². The van der Waals surface area contributed by atoms with E-state index in [0.717, 1.165) is 4.90 Å². The van der Waals surface area contributed by atoms with E-state index >= 15 is 0 Å². The lowest BCUT2D eigenvalue weighted by molar-refractivity contribution is -0.141. The first-order valence-corrected chi connectivity index (χ1v) is 7.47. The third-order valence-electron chi connectivity index (χ3n) is 2.25. The molecule has 1 atom stereocenters. The van der Waals surface area contributed by atoms with Gasteiger partial charge < -0.3 is 10.2 Å². The predicted molar refractivity (Wildman–Crippen MR) is 48.4 cm³/mol.